The number of rotatable bonds is 9. The zero-order valence-electron chi connectivity index (χ0n) is 23.4. The Morgan fingerprint density at radius 2 is 1.73 bits per heavy atom. The summed E-state index contributed by atoms with van der Waals surface area (Å²) in [6, 6.07) is 20.5. The lowest BCUT2D eigenvalue weighted by molar-refractivity contribution is 0.303. The molecule has 41 heavy (non-hydrogen) atoms. The summed E-state index contributed by atoms with van der Waals surface area (Å²) in [5.41, 5.74) is 8.37. The highest BCUT2D eigenvalue weighted by Crippen LogP contribution is 2.29. The van der Waals surface area contributed by atoms with Crippen LogP contribution in [0.2, 0.25) is 0 Å². The number of aromatic nitrogens is 3. The van der Waals surface area contributed by atoms with Gasteiger partial charge in [-0.1, -0.05) is 49.4 Å². The van der Waals surface area contributed by atoms with Gasteiger partial charge in [0.1, 0.15) is 12.4 Å². The van der Waals surface area contributed by atoms with E-state index in [1.807, 2.05) is 30.3 Å². The van der Waals surface area contributed by atoms with Gasteiger partial charge in [0.2, 0.25) is 17.8 Å². The third kappa shape index (κ3) is 7.85. The molecule has 0 bridgehead atoms. The molecule has 1 aliphatic rings. The first-order chi connectivity index (χ1) is 19.9. The third-order valence-corrected chi connectivity index (χ3v) is 8.60. The lowest BCUT2D eigenvalue weighted by Gasteiger charge is -2.30. The number of hydrazone groups is 1. The largest absolute Gasteiger partial charge is 0.487 e. The second kappa shape index (κ2) is 13.8. The van der Waals surface area contributed by atoms with E-state index in [1.54, 1.807) is 6.21 Å². The fourth-order valence-corrected chi connectivity index (χ4v) is 6.59. The van der Waals surface area contributed by atoms with Crippen LogP contribution < -0.4 is 20.4 Å². The minimum atomic E-state index is 0.379. The predicted octanol–water partition coefficient (Wildman–Crippen LogP) is 7.70. The lowest BCUT2D eigenvalue weighted by atomic mass is 10.00. The number of nitrogens with zero attached hydrogens (tertiary/aromatic N) is 5. The highest BCUT2D eigenvalue weighted by Gasteiger charge is 2.20. The van der Waals surface area contributed by atoms with Gasteiger partial charge in [-0.3, -0.25) is 0 Å². The van der Waals surface area contributed by atoms with E-state index in [9.17, 15) is 0 Å². The summed E-state index contributed by atoms with van der Waals surface area (Å²) in [4.78, 5) is 16.4. The van der Waals surface area contributed by atoms with Gasteiger partial charge in [0.05, 0.1) is 9.78 Å². The zero-order chi connectivity index (χ0) is 28.8. The number of hydrogen-bond donors (Lipinski definition) is 2. The van der Waals surface area contributed by atoms with Crippen LogP contribution in [0.3, 0.4) is 0 Å². The molecule has 8 nitrogen and oxygen atoms in total. The number of hydrogen-bond acceptors (Lipinski definition) is 8. The number of anilines is 4. The van der Waals surface area contributed by atoms with Crippen LogP contribution >= 0.6 is 45.2 Å². The standard InChI is InChI=1S/C31H33I2N7O/c1-20-12-14-40(15-13-20)31-37-29(35-27-11-7-8-21(2)22(27)3)36-30(38-31)39-34-18-24-16-25(32)17-26(33)28(24)41-19-23-9-5-4-6-10-23/h4-11,16-18,20H,12-15,19H2,1-3H3,(H2,35,36,37,38,39). The van der Waals surface area contributed by atoms with Crippen molar-refractivity contribution in [3.63, 3.8) is 0 Å². The highest BCUT2D eigenvalue weighted by atomic mass is 127. The maximum atomic E-state index is 6.24. The molecule has 212 valence electrons. The Bertz CT molecular complexity index is 1520. The molecule has 5 rings (SSSR count). The van der Waals surface area contributed by atoms with Crippen molar-refractivity contribution in [3.8, 4) is 5.75 Å². The van der Waals surface area contributed by atoms with Gasteiger partial charge >= 0.3 is 0 Å². The summed E-state index contributed by atoms with van der Waals surface area (Å²) in [5.74, 6) is 3.00. The molecule has 1 aliphatic heterocycles. The molecule has 0 amide bonds. The zero-order valence-corrected chi connectivity index (χ0v) is 27.7. The first kappa shape index (κ1) is 29.5. The molecule has 0 saturated carbocycles. The van der Waals surface area contributed by atoms with Crippen LogP contribution in [-0.4, -0.2) is 34.3 Å². The fraction of sp³-hybridized carbons (Fsp3) is 0.290. The van der Waals surface area contributed by atoms with Gasteiger partial charge in [-0.05, 0) is 113 Å². The molecule has 4 aromatic rings. The summed E-state index contributed by atoms with van der Waals surface area (Å²) >= 11 is 4.62. The number of benzene rings is 3. The van der Waals surface area contributed by atoms with Gasteiger partial charge in [0.25, 0.3) is 0 Å². The van der Waals surface area contributed by atoms with Crippen LogP contribution in [0.15, 0.2) is 65.8 Å². The summed E-state index contributed by atoms with van der Waals surface area (Å²) in [5, 5.41) is 7.93. The second-order valence-corrected chi connectivity index (χ2v) is 12.7. The molecule has 3 aromatic carbocycles. The topological polar surface area (TPSA) is 87.6 Å². The van der Waals surface area contributed by atoms with Gasteiger partial charge in [-0.15, -0.1) is 0 Å². The molecular weight excluding hydrogens is 740 g/mol. The molecular formula is C31H33I2N7O. The fourth-order valence-electron chi connectivity index (χ4n) is 4.55. The molecule has 1 aromatic heterocycles. The first-order valence-corrected chi connectivity index (χ1v) is 15.8. The van der Waals surface area contributed by atoms with Gasteiger partial charge < -0.3 is 15.0 Å². The van der Waals surface area contributed by atoms with E-state index < -0.39 is 0 Å². The predicted molar refractivity (Wildman–Crippen MR) is 184 cm³/mol. The summed E-state index contributed by atoms with van der Waals surface area (Å²) in [7, 11) is 0. The average Bonchev–Trinajstić information content (AvgIpc) is 2.96. The monoisotopic (exact) mass is 773 g/mol. The smallest absolute Gasteiger partial charge is 0.250 e. The maximum absolute atomic E-state index is 6.24. The van der Waals surface area contributed by atoms with Gasteiger partial charge in [0.15, 0.2) is 0 Å². The van der Waals surface area contributed by atoms with Crippen molar-refractivity contribution in [3.05, 3.63) is 90.1 Å². The van der Waals surface area contributed by atoms with Crippen molar-refractivity contribution in [2.24, 2.45) is 11.0 Å². The normalized spacial score (nSPS) is 13.9. The quantitative estimate of drug-likeness (QED) is 0.103. The minimum Gasteiger partial charge on any atom is -0.487 e. The van der Waals surface area contributed by atoms with E-state index >= 15 is 0 Å². The van der Waals surface area contributed by atoms with Gasteiger partial charge in [-0.25, -0.2) is 5.43 Å². The van der Waals surface area contributed by atoms with E-state index in [4.69, 9.17) is 14.7 Å². The van der Waals surface area contributed by atoms with Crippen molar-refractivity contribution in [2.75, 3.05) is 28.7 Å². The van der Waals surface area contributed by atoms with Crippen LogP contribution in [0.4, 0.5) is 23.5 Å². The van der Waals surface area contributed by atoms with E-state index in [0.717, 1.165) is 61.2 Å². The first-order valence-electron chi connectivity index (χ1n) is 13.6. The number of nitrogens with one attached hydrogen (secondary N) is 2. The summed E-state index contributed by atoms with van der Waals surface area (Å²) < 4.78 is 8.36. The minimum absolute atomic E-state index is 0.379. The highest BCUT2D eigenvalue weighted by molar-refractivity contribution is 14.1. The number of halogens is 2. The molecule has 0 atom stereocenters. The lowest BCUT2D eigenvalue weighted by Crippen LogP contribution is -2.34. The molecule has 1 fully saturated rings. The molecule has 1 saturated heterocycles. The van der Waals surface area contributed by atoms with Crippen molar-refractivity contribution >= 4 is 74.9 Å². The molecule has 2 heterocycles. The van der Waals surface area contributed by atoms with E-state index in [1.165, 1.54) is 5.56 Å². The maximum Gasteiger partial charge on any atom is 0.250 e. The number of ether oxygens (including phenoxy) is 1. The molecule has 0 spiro atoms. The van der Waals surface area contributed by atoms with Gasteiger partial charge in [-0.2, -0.15) is 20.1 Å². The summed E-state index contributed by atoms with van der Waals surface area (Å²) in [6.07, 6.45) is 3.99. The third-order valence-electron chi connectivity index (χ3n) is 7.17. The Balaban J connectivity index is 1.40. The van der Waals surface area contributed by atoms with Crippen LogP contribution in [0.25, 0.3) is 0 Å². The van der Waals surface area contributed by atoms with E-state index in [0.29, 0.717) is 30.4 Å². The molecule has 0 unspecified atom stereocenters. The Hall–Kier alpha value is -3.00. The summed E-state index contributed by atoms with van der Waals surface area (Å²) in [6.45, 7) is 8.79. The molecule has 0 radical (unpaired) electrons. The van der Waals surface area contributed by atoms with Crippen LogP contribution in [0.1, 0.15) is 42.0 Å². The number of piperidine rings is 1. The Morgan fingerprint density at radius 3 is 2.51 bits per heavy atom. The molecule has 0 aliphatic carbocycles. The van der Waals surface area contributed by atoms with Crippen molar-refractivity contribution in [1.29, 1.82) is 0 Å². The van der Waals surface area contributed by atoms with E-state index in [-0.39, 0.29) is 0 Å². The van der Waals surface area contributed by atoms with E-state index in [2.05, 4.69) is 122 Å². The Morgan fingerprint density at radius 1 is 0.976 bits per heavy atom. The molecule has 2 N–H and O–H groups in total. The van der Waals surface area contributed by atoms with Gasteiger partial charge in [0, 0.05) is 27.9 Å². The van der Waals surface area contributed by atoms with Crippen molar-refractivity contribution in [2.45, 2.75) is 40.2 Å². The second-order valence-electron chi connectivity index (χ2n) is 10.3. The Kier molecular flexibility index (Phi) is 9.91. The van der Waals surface area contributed by atoms with Crippen molar-refractivity contribution in [1.82, 2.24) is 15.0 Å². The SMILES string of the molecule is Cc1cccc(Nc2nc(NN=Cc3cc(I)cc(I)c3OCc3ccccc3)nc(N3CCC(C)CC3)n2)c1C. The number of aryl methyl sites for hydroxylation is 1. The average molecular weight is 773 g/mol. The molecule has 10 heteroatoms. The van der Waals surface area contributed by atoms with Crippen LogP contribution in [0.5, 0.6) is 5.75 Å². The van der Waals surface area contributed by atoms with Crippen LogP contribution in [-0.2, 0) is 6.61 Å². The van der Waals surface area contributed by atoms with Crippen molar-refractivity contribution < 1.29 is 4.74 Å². The Labute approximate surface area is 268 Å². The van der Waals surface area contributed by atoms with Crippen LogP contribution in [0, 0.1) is 26.9 Å².